The van der Waals surface area contributed by atoms with Crippen molar-refractivity contribution < 1.29 is 0 Å². The summed E-state index contributed by atoms with van der Waals surface area (Å²) in [6.45, 7) is 7.49. The van der Waals surface area contributed by atoms with Crippen LogP contribution in [0.5, 0.6) is 0 Å². The van der Waals surface area contributed by atoms with Gasteiger partial charge in [-0.2, -0.15) is 5.10 Å². The summed E-state index contributed by atoms with van der Waals surface area (Å²) in [7, 11) is 2.06. The number of hydrogen-bond acceptors (Lipinski definition) is 4. The van der Waals surface area contributed by atoms with E-state index in [1.165, 1.54) is 6.42 Å². The van der Waals surface area contributed by atoms with Crippen LogP contribution in [0.25, 0.3) is 0 Å². The maximum atomic E-state index is 5.96. The van der Waals surface area contributed by atoms with Crippen LogP contribution in [0.1, 0.15) is 44.0 Å². The SMILES string of the molecule is CCc1nnc(N(C)CC2CC2C)c(C(N)=S)c1CC. The van der Waals surface area contributed by atoms with E-state index in [2.05, 4.69) is 42.9 Å². The molecule has 4 nitrogen and oxygen atoms in total. The molecule has 0 radical (unpaired) electrons. The number of hydrogen-bond donors (Lipinski definition) is 1. The van der Waals surface area contributed by atoms with Crippen LogP contribution in [0.4, 0.5) is 5.82 Å². The molecule has 2 unspecified atom stereocenters. The Labute approximate surface area is 126 Å². The molecule has 2 rings (SSSR count). The average Bonchev–Trinajstić information content (AvgIpc) is 3.11. The number of thiocarbonyl (C=S) groups is 1. The Morgan fingerprint density at radius 1 is 1.35 bits per heavy atom. The van der Waals surface area contributed by atoms with E-state index < -0.39 is 0 Å². The van der Waals surface area contributed by atoms with E-state index in [9.17, 15) is 0 Å². The molecule has 1 aromatic heterocycles. The molecular weight excluding hydrogens is 268 g/mol. The van der Waals surface area contributed by atoms with E-state index in [0.29, 0.717) is 4.99 Å². The predicted molar refractivity (Wildman–Crippen MR) is 87.2 cm³/mol. The standard InChI is InChI=1S/C15H24N4S/c1-5-11-12(6-2)17-18-15(13(11)14(16)20)19(4)8-10-7-9(10)3/h9-10H,5-8H2,1-4H3,(H2,16,20). The van der Waals surface area contributed by atoms with E-state index in [1.807, 2.05) is 0 Å². The van der Waals surface area contributed by atoms with Crippen molar-refractivity contribution in [1.82, 2.24) is 10.2 Å². The maximum Gasteiger partial charge on any atom is 0.161 e. The third kappa shape index (κ3) is 2.92. The third-order valence-electron chi connectivity index (χ3n) is 4.22. The average molecular weight is 292 g/mol. The van der Waals surface area contributed by atoms with Gasteiger partial charge in [-0.25, -0.2) is 0 Å². The topological polar surface area (TPSA) is 55.0 Å². The van der Waals surface area contributed by atoms with Gasteiger partial charge in [0.05, 0.1) is 11.3 Å². The van der Waals surface area contributed by atoms with Crippen LogP contribution < -0.4 is 10.6 Å². The molecule has 0 aromatic carbocycles. The molecule has 0 aliphatic heterocycles. The second-order valence-electron chi connectivity index (χ2n) is 5.75. The second-order valence-corrected chi connectivity index (χ2v) is 6.19. The third-order valence-corrected chi connectivity index (χ3v) is 4.42. The molecule has 0 spiro atoms. The minimum atomic E-state index is 0.428. The first-order chi connectivity index (χ1) is 9.49. The normalized spacial score (nSPS) is 20.8. The lowest BCUT2D eigenvalue weighted by Crippen LogP contribution is -2.28. The first kappa shape index (κ1) is 15.2. The highest BCUT2D eigenvalue weighted by molar-refractivity contribution is 7.80. The summed E-state index contributed by atoms with van der Waals surface area (Å²) in [5.74, 6) is 2.42. The van der Waals surface area contributed by atoms with Gasteiger partial charge in [0.25, 0.3) is 0 Å². The van der Waals surface area contributed by atoms with Crippen LogP contribution in [-0.4, -0.2) is 28.8 Å². The van der Waals surface area contributed by atoms with Gasteiger partial charge in [-0.05, 0) is 36.7 Å². The number of nitrogens with two attached hydrogens (primary N) is 1. The summed E-state index contributed by atoms with van der Waals surface area (Å²) in [5, 5.41) is 8.77. The lowest BCUT2D eigenvalue weighted by Gasteiger charge is -2.23. The first-order valence-corrected chi connectivity index (χ1v) is 7.79. The fourth-order valence-electron chi connectivity index (χ4n) is 2.78. The van der Waals surface area contributed by atoms with Gasteiger partial charge in [0.15, 0.2) is 5.82 Å². The highest BCUT2D eigenvalue weighted by atomic mass is 32.1. The van der Waals surface area contributed by atoms with E-state index in [4.69, 9.17) is 18.0 Å². The molecular formula is C15H24N4S. The van der Waals surface area contributed by atoms with Gasteiger partial charge in [0.1, 0.15) is 4.99 Å². The van der Waals surface area contributed by atoms with E-state index in [1.54, 1.807) is 0 Å². The van der Waals surface area contributed by atoms with Gasteiger partial charge in [0, 0.05) is 13.6 Å². The van der Waals surface area contributed by atoms with E-state index in [0.717, 1.165) is 53.9 Å². The van der Waals surface area contributed by atoms with Crippen LogP contribution in [0.15, 0.2) is 0 Å². The highest BCUT2D eigenvalue weighted by Crippen LogP contribution is 2.39. The zero-order valence-electron chi connectivity index (χ0n) is 12.8. The molecule has 2 N–H and O–H groups in total. The molecule has 1 aromatic rings. The molecule has 1 fully saturated rings. The number of anilines is 1. The molecule has 0 amide bonds. The molecule has 1 aliphatic carbocycles. The van der Waals surface area contributed by atoms with Gasteiger partial charge >= 0.3 is 0 Å². The predicted octanol–water partition coefficient (Wildman–Crippen LogP) is 2.33. The summed E-state index contributed by atoms with van der Waals surface area (Å²) in [6.07, 6.45) is 3.04. The molecule has 110 valence electrons. The number of aromatic nitrogens is 2. The monoisotopic (exact) mass is 292 g/mol. The molecule has 1 heterocycles. The number of aryl methyl sites for hydroxylation is 1. The highest BCUT2D eigenvalue weighted by Gasteiger charge is 2.34. The van der Waals surface area contributed by atoms with Crippen molar-refractivity contribution in [3.05, 3.63) is 16.8 Å². The fourth-order valence-corrected chi connectivity index (χ4v) is 2.99. The lowest BCUT2D eigenvalue weighted by molar-refractivity contribution is 0.710. The van der Waals surface area contributed by atoms with Gasteiger partial charge in [-0.3, -0.25) is 0 Å². The zero-order valence-corrected chi connectivity index (χ0v) is 13.6. The van der Waals surface area contributed by atoms with Gasteiger partial charge in [-0.15, -0.1) is 5.10 Å². The van der Waals surface area contributed by atoms with Crippen molar-refractivity contribution in [2.75, 3.05) is 18.5 Å². The van der Waals surface area contributed by atoms with Crippen LogP contribution >= 0.6 is 12.2 Å². The van der Waals surface area contributed by atoms with Crippen LogP contribution in [0.2, 0.25) is 0 Å². The first-order valence-electron chi connectivity index (χ1n) is 7.38. The summed E-state index contributed by atoms with van der Waals surface area (Å²) in [6, 6.07) is 0. The maximum absolute atomic E-state index is 5.96. The van der Waals surface area contributed by atoms with Crippen molar-refractivity contribution in [3.8, 4) is 0 Å². The Balaban J connectivity index is 2.38. The smallest absolute Gasteiger partial charge is 0.161 e. The Bertz CT molecular complexity index is 515. The van der Waals surface area contributed by atoms with Crippen LogP contribution in [0, 0.1) is 11.8 Å². The van der Waals surface area contributed by atoms with Crippen molar-refractivity contribution >= 4 is 23.0 Å². The Morgan fingerprint density at radius 3 is 2.45 bits per heavy atom. The van der Waals surface area contributed by atoms with Crippen LogP contribution in [0.3, 0.4) is 0 Å². The van der Waals surface area contributed by atoms with Gasteiger partial charge in [0.2, 0.25) is 0 Å². The van der Waals surface area contributed by atoms with Gasteiger partial charge in [-0.1, -0.05) is 33.0 Å². The zero-order chi connectivity index (χ0) is 14.9. The minimum Gasteiger partial charge on any atom is -0.389 e. The molecule has 1 saturated carbocycles. The largest absolute Gasteiger partial charge is 0.389 e. The minimum absolute atomic E-state index is 0.428. The Morgan fingerprint density at radius 2 is 2.00 bits per heavy atom. The summed E-state index contributed by atoms with van der Waals surface area (Å²) in [5.41, 5.74) is 9.04. The Hall–Kier alpha value is -1.23. The molecule has 20 heavy (non-hydrogen) atoms. The fraction of sp³-hybridized carbons (Fsp3) is 0.667. The van der Waals surface area contributed by atoms with Crippen molar-refractivity contribution in [1.29, 1.82) is 0 Å². The molecule has 1 aliphatic rings. The lowest BCUT2D eigenvalue weighted by atomic mass is 10.0. The van der Waals surface area contributed by atoms with Crippen molar-refractivity contribution in [2.45, 2.75) is 40.0 Å². The number of rotatable bonds is 6. The second kappa shape index (κ2) is 6.04. The van der Waals surface area contributed by atoms with E-state index >= 15 is 0 Å². The van der Waals surface area contributed by atoms with Crippen molar-refractivity contribution in [2.24, 2.45) is 17.6 Å². The summed E-state index contributed by atoms with van der Waals surface area (Å²) >= 11 is 5.27. The number of nitrogens with zero attached hydrogens (tertiary/aromatic N) is 3. The summed E-state index contributed by atoms with van der Waals surface area (Å²) in [4.78, 5) is 2.59. The summed E-state index contributed by atoms with van der Waals surface area (Å²) < 4.78 is 0. The molecule has 2 atom stereocenters. The molecule has 5 heteroatoms. The Kier molecular flexibility index (Phi) is 4.58. The van der Waals surface area contributed by atoms with E-state index in [-0.39, 0.29) is 0 Å². The quantitative estimate of drug-likeness (QED) is 0.816. The molecule has 0 saturated heterocycles. The van der Waals surface area contributed by atoms with Gasteiger partial charge < -0.3 is 10.6 Å². The van der Waals surface area contributed by atoms with Crippen molar-refractivity contribution in [3.63, 3.8) is 0 Å². The molecule has 0 bridgehead atoms. The van der Waals surface area contributed by atoms with Crippen LogP contribution in [-0.2, 0) is 12.8 Å².